The van der Waals surface area contributed by atoms with Crippen molar-refractivity contribution >= 4 is 54.2 Å². The van der Waals surface area contributed by atoms with Gasteiger partial charge >= 0.3 is 6.09 Å². The molecule has 0 saturated carbocycles. The van der Waals surface area contributed by atoms with Gasteiger partial charge in [-0.15, -0.1) is 0 Å². The molecule has 0 unspecified atom stereocenters. The molecule has 0 bridgehead atoms. The maximum atomic E-state index is 13.2. The third kappa shape index (κ3) is 5.31. The maximum Gasteiger partial charge on any atom is 0.433 e. The molecule has 0 atom stereocenters. The second kappa shape index (κ2) is 9.09. The van der Waals surface area contributed by atoms with E-state index in [9.17, 15) is 26.8 Å². The monoisotopic (exact) mass is 537 g/mol. The molecule has 35 heavy (non-hydrogen) atoms. The van der Waals surface area contributed by atoms with Crippen LogP contribution in [0.2, 0.25) is 5.02 Å². The van der Waals surface area contributed by atoms with E-state index in [0.717, 1.165) is 24.4 Å². The van der Waals surface area contributed by atoms with Gasteiger partial charge < -0.3 is 14.7 Å². The number of benzene rings is 2. The van der Waals surface area contributed by atoms with Crippen LogP contribution in [-0.4, -0.2) is 38.0 Å². The Hall–Kier alpha value is -3.81. The third-order valence-electron chi connectivity index (χ3n) is 4.73. The number of amides is 1. The lowest BCUT2D eigenvalue weighted by molar-refractivity contribution is 0.168. The van der Waals surface area contributed by atoms with Gasteiger partial charge in [0.2, 0.25) is 5.09 Å². The molecule has 0 aliphatic carbocycles. The molecule has 2 aromatic carbocycles. The largest absolute Gasteiger partial charge is 0.463 e. The number of sulfone groups is 1. The number of nitrogens with one attached hydrogen (secondary N) is 1. The number of carbonyl (C=O) groups is 1. The molecule has 0 radical (unpaired) electrons. The summed E-state index contributed by atoms with van der Waals surface area (Å²) in [5.41, 5.74) is -0.287. The molecule has 0 spiro atoms. The van der Waals surface area contributed by atoms with Crippen molar-refractivity contribution < 1.29 is 36.4 Å². The Balaban J connectivity index is 1.72. The molecular weight excluding hydrogens is 522 g/mol. The van der Waals surface area contributed by atoms with Gasteiger partial charge in [-0.05, 0) is 42.0 Å². The number of carboxylic acid groups (broad SMARTS) is 1. The minimum atomic E-state index is -4.33. The zero-order valence-corrected chi connectivity index (χ0v) is 19.9. The summed E-state index contributed by atoms with van der Waals surface area (Å²) in [4.78, 5) is 13.6. The highest BCUT2D eigenvalue weighted by Gasteiger charge is 2.26. The number of hydrogen-bond donors (Lipinski definition) is 3. The van der Waals surface area contributed by atoms with Crippen molar-refractivity contribution in [3.63, 3.8) is 0 Å². The molecule has 2 heterocycles. The van der Waals surface area contributed by atoms with Crippen molar-refractivity contribution in [2.24, 2.45) is 4.99 Å². The van der Waals surface area contributed by atoms with Crippen LogP contribution in [0.25, 0.3) is 11.0 Å². The Kier molecular flexibility index (Phi) is 6.32. The Morgan fingerprint density at radius 1 is 1.06 bits per heavy atom. The summed E-state index contributed by atoms with van der Waals surface area (Å²) in [5.74, 6) is -0.656. The van der Waals surface area contributed by atoms with E-state index >= 15 is 0 Å². The molecule has 0 aliphatic rings. The van der Waals surface area contributed by atoms with Gasteiger partial charge in [-0.2, -0.15) is 18.1 Å². The first-order valence-electron chi connectivity index (χ1n) is 9.67. The Labute approximate surface area is 203 Å². The Morgan fingerprint density at radius 2 is 1.80 bits per heavy atom. The lowest BCUT2D eigenvalue weighted by Gasteiger charge is -2.13. The van der Waals surface area contributed by atoms with E-state index in [-0.39, 0.29) is 21.2 Å². The van der Waals surface area contributed by atoms with Crippen LogP contribution in [0.15, 0.2) is 86.3 Å². The van der Waals surface area contributed by atoms with E-state index in [1.54, 1.807) is 24.3 Å². The normalized spacial score (nSPS) is 12.7. The highest BCUT2D eigenvalue weighted by atomic mass is 35.5. The van der Waals surface area contributed by atoms with Crippen LogP contribution in [0.5, 0.6) is 0 Å². The van der Waals surface area contributed by atoms with Crippen molar-refractivity contribution in [2.75, 3.05) is 4.72 Å². The minimum Gasteiger partial charge on any atom is -0.463 e. The molecule has 11 nitrogen and oxygen atoms in total. The van der Waals surface area contributed by atoms with E-state index in [1.165, 1.54) is 18.2 Å². The van der Waals surface area contributed by atoms with Crippen LogP contribution < -0.4 is 10.2 Å². The predicted molar refractivity (Wildman–Crippen MR) is 125 cm³/mol. The second-order valence-corrected chi connectivity index (χ2v) is 11.2. The molecule has 1 amide bonds. The van der Waals surface area contributed by atoms with Crippen molar-refractivity contribution in [3.05, 3.63) is 82.9 Å². The number of fused-ring (bicyclic) bond motifs is 1. The number of hydrogen-bond acceptors (Lipinski definition) is 7. The number of nitrogens with zero attached hydrogens (tertiary/aromatic N) is 2. The van der Waals surface area contributed by atoms with Crippen LogP contribution in [0.3, 0.4) is 0 Å². The van der Waals surface area contributed by atoms with E-state index < -0.39 is 42.3 Å². The first-order valence-corrected chi connectivity index (χ1v) is 13.2. The fourth-order valence-corrected chi connectivity index (χ4v) is 6.00. The number of furan rings is 1. The topological polar surface area (TPSA) is 168 Å². The lowest BCUT2D eigenvalue weighted by Crippen LogP contribution is -2.21. The summed E-state index contributed by atoms with van der Waals surface area (Å²) in [7, 11) is -8.52. The number of para-hydroxylation sites is 1. The predicted octanol–water partition coefficient (Wildman–Crippen LogP) is 3.48. The summed E-state index contributed by atoms with van der Waals surface area (Å²) < 4.78 is 60.4. The summed E-state index contributed by atoms with van der Waals surface area (Å²) in [6, 6.07) is 13.8. The molecule has 0 aliphatic heterocycles. The van der Waals surface area contributed by atoms with E-state index in [1.807, 2.05) is 0 Å². The van der Waals surface area contributed by atoms with Gasteiger partial charge in [-0.25, -0.2) is 13.2 Å². The summed E-state index contributed by atoms with van der Waals surface area (Å²) >= 11 is 6.00. The standard InChI is InChI=1S/C21H16ClN3O8S2/c22-15-5-6-18(34(29,30)12-13-7-8-25(28)19(9-13)23-21(26)27)16(11-15)24-35(31,32)20-10-14-3-1-2-4-17(14)33-20/h1-11,24,28H,12H2,(H,26,27). The number of halogens is 1. The quantitative estimate of drug-likeness (QED) is 0.314. The summed E-state index contributed by atoms with van der Waals surface area (Å²) in [6.45, 7) is 0. The number of rotatable bonds is 6. The van der Waals surface area contributed by atoms with Gasteiger partial charge in [-0.3, -0.25) is 4.72 Å². The first kappa shape index (κ1) is 24.3. The average molecular weight is 538 g/mol. The van der Waals surface area contributed by atoms with Crippen molar-refractivity contribution in [2.45, 2.75) is 15.7 Å². The van der Waals surface area contributed by atoms with Gasteiger partial charge in [0, 0.05) is 22.7 Å². The van der Waals surface area contributed by atoms with Gasteiger partial charge in [-0.1, -0.05) is 29.8 Å². The molecule has 14 heteroatoms. The molecule has 2 aromatic heterocycles. The lowest BCUT2D eigenvalue weighted by atomic mass is 10.3. The van der Waals surface area contributed by atoms with Gasteiger partial charge in [0.25, 0.3) is 10.0 Å². The SMILES string of the molecule is O=C(O)N=c1cc(CS(=O)(=O)c2ccc(Cl)cc2NS(=O)(=O)c2cc3ccccc3o2)ccn1O. The van der Waals surface area contributed by atoms with Crippen LogP contribution in [0, 0.1) is 0 Å². The van der Waals surface area contributed by atoms with E-state index in [2.05, 4.69) is 9.71 Å². The minimum absolute atomic E-state index is 0.0785. The zero-order chi connectivity index (χ0) is 25.4. The van der Waals surface area contributed by atoms with Crippen LogP contribution in [-0.2, 0) is 25.6 Å². The molecule has 0 saturated heterocycles. The van der Waals surface area contributed by atoms with Crippen LogP contribution in [0.4, 0.5) is 10.5 Å². The Bertz CT molecular complexity index is 1710. The summed E-state index contributed by atoms with van der Waals surface area (Å²) in [6.07, 6.45) is -0.563. The Morgan fingerprint density at radius 3 is 2.51 bits per heavy atom. The average Bonchev–Trinajstić information content (AvgIpc) is 3.21. The highest BCUT2D eigenvalue weighted by molar-refractivity contribution is 7.93. The molecule has 0 fully saturated rings. The van der Waals surface area contributed by atoms with Crippen molar-refractivity contribution in [1.29, 1.82) is 0 Å². The van der Waals surface area contributed by atoms with Crippen molar-refractivity contribution in [3.8, 4) is 0 Å². The molecular formula is C21H16ClN3O8S2. The van der Waals surface area contributed by atoms with Gasteiger partial charge in [0.1, 0.15) is 5.58 Å². The van der Waals surface area contributed by atoms with Gasteiger partial charge in [0.05, 0.1) is 16.3 Å². The fraction of sp³-hybridized carbons (Fsp3) is 0.0476. The highest BCUT2D eigenvalue weighted by Crippen LogP contribution is 2.31. The first-order chi connectivity index (χ1) is 16.4. The third-order valence-corrected chi connectivity index (χ3v) is 7.93. The smallest absolute Gasteiger partial charge is 0.433 e. The summed E-state index contributed by atoms with van der Waals surface area (Å²) in [5, 5.41) is 18.7. The second-order valence-electron chi connectivity index (χ2n) is 7.24. The fourth-order valence-electron chi connectivity index (χ4n) is 3.23. The molecule has 4 rings (SSSR count). The number of aromatic nitrogens is 1. The number of sulfonamides is 1. The van der Waals surface area contributed by atoms with E-state index in [0.29, 0.717) is 15.7 Å². The van der Waals surface area contributed by atoms with Crippen LogP contribution in [0.1, 0.15) is 5.56 Å². The van der Waals surface area contributed by atoms with Gasteiger partial charge in [0.15, 0.2) is 15.3 Å². The number of pyridine rings is 1. The van der Waals surface area contributed by atoms with Crippen LogP contribution >= 0.6 is 11.6 Å². The number of anilines is 1. The molecule has 182 valence electrons. The van der Waals surface area contributed by atoms with E-state index in [4.69, 9.17) is 21.1 Å². The molecule has 4 aromatic rings. The molecule has 3 N–H and O–H groups in total. The maximum absolute atomic E-state index is 13.2. The van der Waals surface area contributed by atoms with Crippen molar-refractivity contribution in [1.82, 2.24) is 4.73 Å². The zero-order valence-electron chi connectivity index (χ0n) is 17.5.